The van der Waals surface area contributed by atoms with Crippen LogP contribution in [-0.4, -0.2) is 21.0 Å². The number of rotatable bonds is 6. The van der Waals surface area contributed by atoms with Crippen molar-refractivity contribution in [1.82, 2.24) is 0 Å². The van der Waals surface area contributed by atoms with E-state index in [4.69, 9.17) is 8.92 Å². The molecule has 0 spiro atoms. The van der Waals surface area contributed by atoms with Gasteiger partial charge in [0.25, 0.3) is 5.76 Å². The van der Waals surface area contributed by atoms with Gasteiger partial charge in [0.2, 0.25) is 0 Å². The molecule has 0 unspecified atom stereocenters. The third kappa shape index (κ3) is 4.67. The fourth-order valence-corrected chi connectivity index (χ4v) is 2.86. The Morgan fingerprint density at radius 3 is 2.20 bits per heavy atom. The molecule has 0 amide bonds. The van der Waals surface area contributed by atoms with Crippen molar-refractivity contribution in [2.45, 2.75) is 18.7 Å². The first-order chi connectivity index (χ1) is 11.8. The van der Waals surface area contributed by atoms with E-state index in [0.29, 0.717) is 0 Å². The van der Waals surface area contributed by atoms with E-state index in [1.54, 1.807) is 37.3 Å². The van der Waals surface area contributed by atoms with Crippen LogP contribution in [0.25, 0.3) is 5.83 Å². The molecule has 0 radical (unpaired) electrons. The van der Waals surface area contributed by atoms with Crippen LogP contribution >= 0.6 is 0 Å². The Balaban J connectivity index is 2.46. The van der Waals surface area contributed by atoms with Crippen molar-refractivity contribution in [1.29, 1.82) is 0 Å². The summed E-state index contributed by atoms with van der Waals surface area (Å²) in [5.74, 6) is -3.32. The molecule has 0 aromatic heterocycles. The first kappa shape index (κ1) is 18.7. The smallest absolute Gasteiger partial charge is 0.378 e. The zero-order valence-electron chi connectivity index (χ0n) is 13.7. The molecular weight excluding hydrogens is 347 g/mol. The van der Waals surface area contributed by atoms with Gasteiger partial charge in [-0.25, -0.2) is 9.18 Å². The molecule has 0 N–H and O–H groups in total. The van der Waals surface area contributed by atoms with Crippen LogP contribution in [0.4, 0.5) is 4.39 Å². The average molecular weight is 364 g/mol. The highest BCUT2D eigenvalue weighted by molar-refractivity contribution is 7.86. The average Bonchev–Trinajstić information content (AvgIpc) is 2.60. The highest BCUT2D eigenvalue weighted by Gasteiger charge is 2.28. The van der Waals surface area contributed by atoms with Crippen LogP contribution in [0.3, 0.4) is 0 Å². The molecule has 2 aromatic carbocycles. The van der Waals surface area contributed by atoms with Gasteiger partial charge < -0.3 is 8.92 Å². The van der Waals surface area contributed by atoms with Crippen LogP contribution < -0.4 is 0 Å². The largest absolute Gasteiger partial charge is 0.460 e. The monoisotopic (exact) mass is 364 g/mol. The van der Waals surface area contributed by atoms with E-state index >= 15 is 0 Å². The van der Waals surface area contributed by atoms with Crippen LogP contribution in [0.2, 0.25) is 0 Å². The fourth-order valence-electron chi connectivity index (χ4n) is 1.94. The van der Waals surface area contributed by atoms with Crippen molar-refractivity contribution in [3.8, 4) is 0 Å². The summed E-state index contributed by atoms with van der Waals surface area (Å²) in [5, 5.41) is 0. The van der Waals surface area contributed by atoms with Gasteiger partial charge in [0.15, 0.2) is 5.83 Å². The number of aryl methyl sites for hydroxylation is 1. The van der Waals surface area contributed by atoms with Crippen LogP contribution in [0.1, 0.15) is 18.1 Å². The minimum absolute atomic E-state index is 0.00431. The van der Waals surface area contributed by atoms with Gasteiger partial charge in [-0.05, 0) is 26.0 Å². The number of hydrogen-bond acceptors (Lipinski definition) is 5. The molecule has 0 saturated heterocycles. The third-order valence-corrected chi connectivity index (χ3v) is 4.43. The molecule has 7 heteroatoms. The summed E-state index contributed by atoms with van der Waals surface area (Å²) in [5.41, 5.74) is 0.847. The first-order valence-electron chi connectivity index (χ1n) is 7.48. The van der Waals surface area contributed by atoms with Gasteiger partial charge in [0.05, 0.1) is 6.61 Å². The minimum Gasteiger partial charge on any atom is -0.460 e. The molecule has 25 heavy (non-hydrogen) atoms. The van der Waals surface area contributed by atoms with Crippen molar-refractivity contribution >= 4 is 21.9 Å². The lowest BCUT2D eigenvalue weighted by atomic mass is 10.2. The molecule has 2 aromatic rings. The van der Waals surface area contributed by atoms with Crippen molar-refractivity contribution in [3.63, 3.8) is 0 Å². The zero-order valence-corrected chi connectivity index (χ0v) is 14.5. The summed E-state index contributed by atoms with van der Waals surface area (Å²) in [6.45, 7) is 3.25. The van der Waals surface area contributed by atoms with Gasteiger partial charge in [-0.3, -0.25) is 0 Å². The lowest BCUT2D eigenvalue weighted by Crippen LogP contribution is -2.16. The highest BCUT2D eigenvalue weighted by atomic mass is 32.2. The summed E-state index contributed by atoms with van der Waals surface area (Å²) in [6, 6.07) is 13.3. The number of esters is 1. The van der Waals surface area contributed by atoms with E-state index < -0.39 is 27.7 Å². The molecule has 0 heterocycles. The van der Waals surface area contributed by atoms with Crippen molar-refractivity contribution < 1.29 is 26.5 Å². The van der Waals surface area contributed by atoms with Crippen molar-refractivity contribution in [2.75, 3.05) is 6.61 Å². The second-order valence-corrected chi connectivity index (χ2v) is 6.63. The first-order valence-corrected chi connectivity index (χ1v) is 8.89. The number of carbonyl (C=O) groups is 1. The molecule has 0 aliphatic heterocycles. The van der Waals surface area contributed by atoms with E-state index in [1.165, 1.54) is 31.2 Å². The normalized spacial score (nSPS) is 12.3. The third-order valence-electron chi connectivity index (χ3n) is 3.19. The lowest BCUT2D eigenvalue weighted by molar-refractivity contribution is -0.140. The van der Waals surface area contributed by atoms with E-state index in [2.05, 4.69) is 0 Å². The second-order valence-electron chi connectivity index (χ2n) is 5.08. The summed E-state index contributed by atoms with van der Waals surface area (Å²) in [6.07, 6.45) is 0. The van der Waals surface area contributed by atoms with E-state index in [0.717, 1.165) is 5.56 Å². The van der Waals surface area contributed by atoms with Gasteiger partial charge in [0, 0.05) is 5.56 Å². The summed E-state index contributed by atoms with van der Waals surface area (Å²) in [4.78, 5) is 11.8. The molecule has 5 nitrogen and oxygen atoms in total. The minimum atomic E-state index is -4.39. The number of carbonyl (C=O) groups excluding carboxylic acids is 1. The Bertz CT molecular complexity index is 871. The molecule has 0 aliphatic rings. The fraction of sp³-hybridized carbons (Fsp3) is 0.167. The predicted octanol–water partition coefficient (Wildman–Crippen LogP) is 3.60. The topological polar surface area (TPSA) is 69.7 Å². The zero-order chi connectivity index (χ0) is 18.4. The maximum atomic E-state index is 14.7. The Morgan fingerprint density at radius 2 is 1.64 bits per heavy atom. The van der Waals surface area contributed by atoms with Gasteiger partial charge in [-0.1, -0.05) is 48.0 Å². The maximum Gasteiger partial charge on any atom is 0.378 e. The molecule has 0 saturated carbocycles. The Kier molecular flexibility index (Phi) is 5.93. The Labute approximate surface area is 145 Å². The molecule has 2 rings (SSSR count). The van der Waals surface area contributed by atoms with E-state index in [9.17, 15) is 17.6 Å². The van der Waals surface area contributed by atoms with Gasteiger partial charge in [-0.15, -0.1) is 0 Å². The quantitative estimate of drug-likeness (QED) is 0.339. The molecule has 0 atom stereocenters. The summed E-state index contributed by atoms with van der Waals surface area (Å²) in [7, 11) is -4.39. The van der Waals surface area contributed by atoms with Crippen molar-refractivity contribution in [2.24, 2.45) is 0 Å². The van der Waals surface area contributed by atoms with Crippen LogP contribution in [-0.2, 0) is 23.8 Å². The van der Waals surface area contributed by atoms with Crippen LogP contribution in [0.15, 0.2) is 65.3 Å². The van der Waals surface area contributed by atoms with Crippen molar-refractivity contribution in [3.05, 3.63) is 71.5 Å². The van der Waals surface area contributed by atoms with Crippen LogP contribution in [0, 0.1) is 6.92 Å². The number of halogens is 1. The lowest BCUT2D eigenvalue weighted by Gasteiger charge is -2.11. The number of hydrogen-bond donors (Lipinski definition) is 0. The number of benzene rings is 2. The molecule has 0 aliphatic carbocycles. The van der Waals surface area contributed by atoms with E-state index in [-0.39, 0.29) is 17.1 Å². The van der Waals surface area contributed by atoms with Gasteiger partial charge in [0.1, 0.15) is 4.90 Å². The van der Waals surface area contributed by atoms with Gasteiger partial charge >= 0.3 is 16.1 Å². The molecule has 0 fully saturated rings. The second kappa shape index (κ2) is 7.94. The Hall–Kier alpha value is -2.67. The maximum absolute atomic E-state index is 14.7. The number of ether oxygens (including phenoxy) is 1. The summed E-state index contributed by atoms with van der Waals surface area (Å²) >= 11 is 0. The standard InChI is InChI=1S/C18H17FO5S/c1-3-23-18(20)17(16(19)14-7-5-4-6-8-14)24-25(21,22)15-11-9-13(2)10-12-15/h4-12H,3H2,1-2H3. The van der Waals surface area contributed by atoms with Gasteiger partial charge in [-0.2, -0.15) is 8.42 Å². The van der Waals surface area contributed by atoms with Crippen LogP contribution in [0.5, 0.6) is 0 Å². The predicted molar refractivity (Wildman–Crippen MR) is 90.6 cm³/mol. The molecular formula is C18H17FO5S. The molecule has 132 valence electrons. The highest BCUT2D eigenvalue weighted by Crippen LogP contribution is 2.26. The Morgan fingerprint density at radius 1 is 1.04 bits per heavy atom. The molecule has 0 bridgehead atoms. The summed E-state index contributed by atoms with van der Waals surface area (Å²) < 4.78 is 48.9. The SMILES string of the molecule is CCOC(=O)C(OS(=O)(=O)c1ccc(C)cc1)=C(F)c1ccccc1. The van der Waals surface area contributed by atoms with E-state index in [1.807, 2.05) is 0 Å².